The highest BCUT2D eigenvalue weighted by Gasteiger charge is 2.11. The van der Waals surface area contributed by atoms with E-state index in [1.807, 2.05) is 6.92 Å². The van der Waals surface area contributed by atoms with E-state index >= 15 is 0 Å². The number of nitrogens with zero attached hydrogens (tertiary/aromatic N) is 1. The van der Waals surface area contributed by atoms with Crippen LogP contribution in [0.25, 0.3) is 0 Å². The fraction of sp³-hybridized carbons (Fsp3) is 0.438. The topological polar surface area (TPSA) is 56.7 Å². The van der Waals surface area contributed by atoms with Crippen LogP contribution >= 0.6 is 24.0 Å². The van der Waals surface area contributed by atoms with Crippen LogP contribution in [0.4, 0.5) is 4.39 Å². The SMILES string of the molecule is CCNC(=NCc1ccc(F)c(CO)c1)NC1CC=CC1.I. The summed E-state index contributed by atoms with van der Waals surface area (Å²) >= 11 is 0. The summed E-state index contributed by atoms with van der Waals surface area (Å²) in [4.78, 5) is 4.51. The van der Waals surface area contributed by atoms with E-state index in [4.69, 9.17) is 5.11 Å². The van der Waals surface area contributed by atoms with Gasteiger partial charge >= 0.3 is 0 Å². The summed E-state index contributed by atoms with van der Waals surface area (Å²) < 4.78 is 13.3. The number of hydrogen-bond acceptors (Lipinski definition) is 2. The third-order valence-electron chi connectivity index (χ3n) is 3.39. The van der Waals surface area contributed by atoms with Crippen molar-refractivity contribution in [3.63, 3.8) is 0 Å². The first kappa shape index (κ1) is 18.9. The molecule has 1 aliphatic rings. The molecule has 3 N–H and O–H groups in total. The Hall–Kier alpha value is -1.15. The molecule has 1 aromatic carbocycles. The number of aliphatic hydroxyl groups is 1. The smallest absolute Gasteiger partial charge is 0.191 e. The molecule has 0 aromatic heterocycles. The van der Waals surface area contributed by atoms with Crippen molar-refractivity contribution in [1.82, 2.24) is 10.6 Å². The molecular formula is C16H23FIN3O. The quantitative estimate of drug-likeness (QED) is 0.298. The Bertz CT molecular complexity index is 526. The lowest BCUT2D eigenvalue weighted by molar-refractivity contribution is 0.275. The highest BCUT2D eigenvalue weighted by atomic mass is 127. The van der Waals surface area contributed by atoms with Gasteiger partial charge in [-0.15, -0.1) is 24.0 Å². The maximum atomic E-state index is 13.3. The summed E-state index contributed by atoms with van der Waals surface area (Å²) in [5, 5.41) is 15.7. The monoisotopic (exact) mass is 419 g/mol. The second-order valence-corrected chi connectivity index (χ2v) is 5.06. The third kappa shape index (κ3) is 5.57. The van der Waals surface area contributed by atoms with Gasteiger partial charge in [-0.2, -0.15) is 0 Å². The van der Waals surface area contributed by atoms with E-state index in [9.17, 15) is 4.39 Å². The van der Waals surface area contributed by atoms with Crippen LogP contribution in [0.15, 0.2) is 35.3 Å². The predicted octanol–water partition coefficient (Wildman–Crippen LogP) is 2.71. The van der Waals surface area contributed by atoms with Crippen molar-refractivity contribution in [2.45, 2.75) is 39.0 Å². The molecule has 0 unspecified atom stereocenters. The molecule has 0 amide bonds. The fourth-order valence-corrected chi connectivity index (χ4v) is 2.27. The lowest BCUT2D eigenvalue weighted by Gasteiger charge is -2.16. The van der Waals surface area contributed by atoms with Crippen molar-refractivity contribution >= 4 is 29.9 Å². The molecule has 1 aromatic rings. The first-order chi connectivity index (χ1) is 10.2. The van der Waals surface area contributed by atoms with Crippen LogP contribution in [0.5, 0.6) is 0 Å². The summed E-state index contributed by atoms with van der Waals surface area (Å²) in [6.45, 7) is 2.96. The maximum Gasteiger partial charge on any atom is 0.191 e. The molecule has 0 aliphatic heterocycles. The summed E-state index contributed by atoms with van der Waals surface area (Å²) in [6.07, 6.45) is 6.34. The zero-order valence-corrected chi connectivity index (χ0v) is 15.0. The molecule has 0 bridgehead atoms. The number of rotatable bonds is 5. The van der Waals surface area contributed by atoms with E-state index in [1.165, 1.54) is 6.07 Å². The molecular weight excluding hydrogens is 396 g/mol. The van der Waals surface area contributed by atoms with Crippen LogP contribution in [0.2, 0.25) is 0 Å². The zero-order valence-electron chi connectivity index (χ0n) is 12.7. The largest absolute Gasteiger partial charge is 0.392 e. The Morgan fingerprint density at radius 2 is 2.09 bits per heavy atom. The van der Waals surface area contributed by atoms with E-state index in [1.54, 1.807) is 12.1 Å². The minimum atomic E-state index is -0.382. The molecule has 0 radical (unpaired) electrons. The minimum Gasteiger partial charge on any atom is -0.392 e. The van der Waals surface area contributed by atoms with Crippen molar-refractivity contribution in [3.05, 3.63) is 47.3 Å². The lowest BCUT2D eigenvalue weighted by atomic mass is 10.1. The first-order valence-corrected chi connectivity index (χ1v) is 7.31. The van der Waals surface area contributed by atoms with Crippen molar-refractivity contribution in [2.24, 2.45) is 4.99 Å². The normalized spacial score (nSPS) is 14.8. The molecule has 0 atom stereocenters. The van der Waals surface area contributed by atoms with Gasteiger partial charge in [-0.1, -0.05) is 18.2 Å². The van der Waals surface area contributed by atoms with Crippen LogP contribution in [0.3, 0.4) is 0 Å². The summed E-state index contributed by atoms with van der Waals surface area (Å²) in [7, 11) is 0. The van der Waals surface area contributed by atoms with Gasteiger partial charge in [-0.05, 0) is 37.5 Å². The lowest BCUT2D eigenvalue weighted by Crippen LogP contribution is -2.42. The van der Waals surface area contributed by atoms with Crippen molar-refractivity contribution < 1.29 is 9.50 Å². The fourth-order valence-electron chi connectivity index (χ4n) is 2.27. The Balaban J connectivity index is 0.00000242. The van der Waals surface area contributed by atoms with E-state index in [2.05, 4.69) is 27.8 Å². The molecule has 0 heterocycles. The molecule has 1 aliphatic carbocycles. The van der Waals surface area contributed by atoms with Gasteiger partial charge in [0.25, 0.3) is 0 Å². The Morgan fingerprint density at radius 1 is 1.36 bits per heavy atom. The van der Waals surface area contributed by atoms with Crippen molar-refractivity contribution in [2.75, 3.05) is 6.54 Å². The molecule has 22 heavy (non-hydrogen) atoms. The third-order valence-corrected chi connectivity index (χ3v) is 3.39. The molecule has 122 valence electrons. The molecule has 6 heteroatoms. The molecule has 0 spiro atoms. The van der Waals surface area contributed by atoms with Crippen LogP contribution in [-0.4, -0.2) is 23.7 Å². The van der Waals surface area contributed by atoms with Gasteiger partial charge in [-0.3, -0.25) is 0 Å². The molecule has 4 nitrogen and oxygen atoms in total. The molecule has 0 fully saturated rings. The van der Waals surface area contributed by atoms with Crippen LogP contribution < -0.4 is 10.6 Å². The molecule has 0 saturated carbocycles. The van der Waals surface area contributed by atoms with E-state index in [-0.39, 0.29) is 36.4 Å². The van der Waals surface area contributed by atoms with Gasteiger partial charge in [0.2, 0.25) is 0 Å². The average Bonchev–Trinajstić information content (AvgIpc) is 2.99. The number of halogens is 2. The Labute approximate surface area is 147 Å². The number of aliphatic hydroxyl groups excluding tert-OH is 1. The van der Waals surface area contributed by atoms with Gasteiger partial charge in [0.1, 0.15) is 5.82 Å². The summed E-state index contributed by atoms with van der Waals surface area (Å²) in [6, 6.07) is 5.11. The van der Waals surface area contributed by atoms with E-state index in [0.29, 0.717) is 18.2 Å². The number of guanidine groups is 1. The Morgan fingerprint density at radius 3 is 2.73 bits per heavy atom. The van der Waals surface area contributed by atoms with Crippen LogP contribution in [-0.2, 0) is 13.2 Å². The second kappa shape index (κ2) is 9.78. The molecule has 2 rings (SSSR count). The van der Waals surface area contributed by atoms with E-state index < -0.39 is 0 Å². The molecule has 0 saturated heterocycles. The Kier molecular flexibility index (Phi) is 8.40. The second-order valence-electron chi connectivity index (χ2n) is 5.06. The first-order valence-electron chi connectivity index (χ1n) is 7.31. The van der Waals surface area contributed by atoms with Gasteiger partial charge in [0.15, 0.2) is 5.96 Å². The van der Waals surface area contributed by atoms with Crippen molar-refractivity contribution in [1.29, 1.82) is 0 Å². The summed E-state index contributed by atoms with van der Waals surface area (Å²) in [5.74, 6) is 0.383. The highest BCUT2D eigenvalue weighted by molar-refractivity contribution is 14.0. The van der Waals surface area contributed by atoms with Crippen LogP contribution in [0, 0.1) is 5.82 Å². The van der Waals surface area contributed by atoms with Crippen LogP contribution in [0.1, 0.15) is 30.9 Å². The van der Waals surface area contributed by atoms with Gasteiger partial charge in [0, 0.05) is 18.2 Å². The predicted molar refractivity (Wildman–Crippen MR) is 97.9 cm³/mol. The number of aliphatic imine (C=N–C) groups is 1. The van der Waals surface area contributed by atoms with Gasteiger partial charge in [-0.25, -0.2) is 9.38 Å². The van der Waals surface area contributed by atoms with Crippen molar-refractivity contribution in [3.8, 4) is 0 Å². The standard InChI is InChI=1S/C16H22FN3O.HI/c1-2-18-16(20-14-5-3-4-6-14)19-10-12-7-8-15(17)13(9-12)11-21;/h3-4,7-9,14,21H,2,5-6,10-11H2,1H3,(H2,18,19,20);1H. The van der Waals surface area contributed by atoms with E-state index in [0.717, 1.165) is 30.9 Å². The number of benzene rings is 1. The minimum absolute atomic E-state index is 0. The van der Waals surface area contributed by atoms with Gasteiger partial charge < -0.3 is 15.7 Å². The zero-order chi connectivity index (χ0) is 15.1. The number of hydrogen-bond donors (Lipinski definition) is 3. The number of nitrogens with one attached hydrogen (secondary N) is 2. The average molecular weight is 419 g/mol. The summed E-state index contributed by atoms with van der Waals surface area (Å²) in [5.41, 5.74) is 1.18. The maximum absolute atomic E-state index is 13.3. The highest BCUT2D eigenvalue weighted by Crippen LogP contribution is 2.12. The van der Waals surface area contributed by atoms with Gasteiger partial charge in [0.05, 0.1) is 13.2 Å².